The molecule has 4 heteroatoms. The van der Waals surface area contributed by atoms with E-state index in [1.54, 1.807) is 6.07 Å². The van der Waals surface area contributed by atoms with Crippen molar-refractivity contribution >= 4 is 15.9 Å². The molecule has 0 bridgehead atoms. The Kier molecular flexibility index (Phi) is 5.47. The van der Waals surface area contributed by atoms with Crippen LogP contribution >= 0.6 is 15.9 Å². The number of nitrogens with two attached hydrogens (primary N) is 1. The third kappa shape index (κ3) is 3.35. The van der Waals surface area contributed by atoms with Crippen LogP contribution in [0.3, 0.4) is 0 Å². The quantitative estimate of drug-likeness (QED) is 0.876. The van der Waals surface area contributed by atoms with Crippen LogP contribution < -0.4 is 5.73 Å². The molecule has 1 aliphatic rings. The molecule has 0 saturated carbocycles. The largest absolute Gasteiger partial charge is 0.508 e. The number of aromatic hydroxyl groups is 1. The van der Waals surface area contributed by atoms with Crippen molar-refractivity contribution in [3.05, 3.63) is 28.2 Å². The zero-order valence-corrected chi connectivity index (χ0v) is 13.9. The third-order valence-electron chi connectivity index (χ3n) is 4.33. The van der Waals surface area contributed by atoms with Gasteiger partial charge >= 0.3 is 0 Å². The first kappa shape index (κ1) is 15.8. The second-order valence-corrected chi connectivity index (χ2v) is 6.70. The number of rotatable bonds is 4. The van der Waals surface area contributed by atoms with Crippen LogP contribution in [0, 0.1) is 0 Å². The number of likely N-dealkylation sites (tertiary alicyclic amines) is 1. The molecule has 3 N–H and O–H groups in total. The van der Waals surface area contributed by atoms with E-state index in [0.29, 0.717) is 11.8 Å². The summed E-state index contributed by atoms with van der Waals surface area (Å²) in [5.74, 6) is 0.383. The van der Waals surface area contributed by atoms with E-state index < -0.39 is 0 Å². The molecular formula is C16H25BrN2O. The Morgan fingerprint density at radius 3 is 2.85 bits per heavy atom. The second-order valence-electron chi connectivity index (χ2n) is 5.79. The molecule has 0 radical (unpaired) electrons. The van der Waals surface area contributed by atoms with E-state index >= 15 is 0 Å². The number of phenolic OH excluding ortho intramolecular Hbond substituents is 1. The minimum atomic E-state index is 0.165. The molecule has 1 fully saturated rings. The molecule has 3 nitrogen and oxygen atoms in total. The molecule has 1 aromatic rings. The fourth-order valence-corrected chi connectivity index (χ4v) is 3.74. The fourth-order valence-electron chi connectivity index (χ4n) is 3.36. The van der Waals surface area contributed by atoms with Gasteiger partial charge in [-0.3, -0.25) is 4.90 Å². The normalized spacial score (nSPS) is 23.5. The van der Waals surface area contributed by atoms with Crippen LogP contribution in [0.5, 0.6) is 5.75 Å². The van der Waals surface area contributed by atoms with Crippen LogP contribution in [-0.2, 0) is 0 Å². The summed E-state index contributed by atoms with van der Waals surface area (Å²) in [5, 5.41) is 10.2. The van der Waals surface area contributed by atoms with E-state index in [9.17, 15) is 5.11 Å². The maximum Gasteiger partial charge on any atom is 0.120 e. The molecule has 1 aromatic carbocycles. The van der Waals surface area contributed by atoms with E-state index in [1.165, 1.54) is 12.8 Å². The molecule has 3 unspecified atom stereocenters. The highest BCUT2D eigenvalue weighted by Crippen LogP contribution is 2.37. The number of piperidine rings is 1. The SMILES string of the molecule is CCC(c1cc(Br)ccc1O)N1CCCCC1C(C)N. The standard InChI is InChI=1S/C16H25BrN2O/c1-3-14(13-10-12(17)7-8-16(13)20)19-9-5-4-6-15(19)11(2)18/h7-8,10-11,14-15,20H,3-6,9,18H2,1-2H3. The number of halogens is 1. The van der Waals surface area contributed by atoms with Crippen molar-refractivity contribution in [3.63, 3.8) is 0 Å². The summed E-state index contributed by atoms with van der Waals surface area (Å²) in [5.41, 5.74) is 7.19. The Hall–Kier alpha value is -0.580. The summed E-state index contributed by atoms with van der Waals surface area (Å²) in [4.78, 5) is 2.50. The Labute approximate surface area is 130 Å². The number of hydrogen-bond donors (Lipinski definition) is 2. The van der Waals surface area contributed by atoms with E-state index in [1.807, 2.05) is 12.1 Å². The molecule has 20 heavy (non-hydrogen) atoms. The molecule has 0 aromatic heterocycles. The van der Waals surface area contributed by atoms with Gasteiger partial charge in [0.2, 0.25) is 0 Å². The van der Waals surface area contributed by atoms with Crippen LogP contribution in [0.25, 0.3) is 0 Å². The van der Waals surface area contributed by atoms with Crippen LogP contribution in [0.4, 0.5) is 0 Å². The molecule has 1 saturated heterocycles. The van der Waals surface area contributed by atoms with Crippen molar-refractivity contribution in [1.29, 1.82) is 0 Å². The monoisotopic (exact) mass is 340 g/mol. The average Bonchev–Trinajstić information content (AvgIpc) is 2.44. The Morgan fingerprint density at radius 1 is 1.45 bits per heavy atom. The van der Waals surface area contributed by atoms with Crippen molar-refractivity contribution in [3.8, 4) is 5.75 Å². The van der Waals surface area contributed by atoms with Gasteiger partial charge < -0.3 is 10.8 Å². The summed E-state index contributed by atoms with van der Waals surface area (Å²) in [6.07, 6.45) is 4.61. The molecule has 0 aliphatic carbocycles. The van der Waals surface area contributed by atoms with Crippen LogP contribution in [-0.4, -0.2) is 28.6 Å². The zero-order chi connectivity index (χ0) is 14.7. The number of phenols is 1. The summed E-state index contributed by atoms with van der Waals surface area (Å²) in [6.45, 7) is 5.34. The van der Waals surface area contributed by atoms with Gasteiger partial charge in [-0.15, -0.1) is 0 Å². The lowest BCUT2D eigenvalue weighted by molar-refractivity contribution is 0.0771. The van der Waals surface area contributed by atoms with Gasteiger partial charge in [-0.25, -0.2) is 0 Å². The maximum absolute atomic E-state index is 10.2. The summed E-state index contributed by atoms with van der Waals surface area (Å²) < 4.78 is 1.01. The molecular weight excluding hydrogens is 316 g/mol. The molecule has 0 amide bonds. The Bertz CT molecular complexity index is 450. The highest BCUT2D eigenvalue weighted by molar-refractivity contribution is 9.10. The Balaban J connectivity index is 2.32. The summed E-state index contributed by atoms with van der Waals surface area (Å²) in [7, 11) is 0. The minimum absolute atomic E-state index is 0.165. The lowest BCUT2D eigenvalue weighted by atomic mass is 9.91. The predicted octanol–water partition coefficient (Wildman–Crippen LogP) is 3.81. The van der Waals surface area contributed by atoms with Crippen molar-refractivity contribution in [2.24, 2.45) is 5.73 Å². The van der Waals surface area contributed by atoms with Gasteiger partial charge in [0, 0.05) is 28.2 Å². The number of benzene rings is 1. The van der Waals surface area contributed by atoms with E-state index in [-0.39, 0.29) is 12.1 Å². The maximum atomic E-state index is 10.2. The van der Waals surface area contributed by atoms with Gasteiger partial charge in [0.25, 0.3) is 0 Å². The number of nitrogens with zero attached hydrogens (tertiary/aromatic N) is 1. The summed E-state index contributed by atoms with van der Waals surface area (Å²) >= 11 is 3.51. The molecule has 1 aliphatic heterocycles. The van der Waals surface area contributed by atoms with Gasteiger partial charge in [0.1, 0.15) is 5.75 Å². The first-order valence-electron chi connectivity index (χ1n) is 7.54. The lowest BCUT2D eigenvalue weighted by Crippen LogP contribution is -2.50. The first-order chi connectivity index (χ1) is 9.54. The second kappa shape index (κ2) is 6.92. The van der Waals surface area contributed by atoms with Crippen molar-refractivity contribution in [2.45, 2.75) is 57.7 Å². The van der Waals surface area contributed by atoms with Gasteiger partial charge in [-0.2, -0.15) is 0 Å². The van der Waals surface area contributed by atoms with Crippen LogP contribution in [0.1, 0.15) is 51.1 Å². The van der Waals surface area contributed by atoms with Gasteiger partial charge in [0.15, 0.2) is 0 Å². The van der Waals surface area contributed by atoms with Gasteiger partial charge in [0.05, 0.1) is 0 Å². The summed E-state index contributed by atoms with van der Waals surface area (Å²) in [6, 6.07) is 6.50. The molecule has 3 atom stereocenters. The van der Waals surface area contributed by atoms with Gasteiger partial charge in [-0.05, 0) is 50.9 Å². The molecule has 112 valence electrons. The average molecular weight is 341 g/mol. The molecule has 2 rings (SSSR count). The smallest absolute Gasteiger partial charge is 0.120 e. The highest BCUT2D eigenvalue weighted by atomic mass is 79.9. The van der Waals surface area contributed by atoms with Crippen LogP contribution in [0.2, 0.25) is 0 Å². The Morgan fingerprint density at radius 2 is 2.20 bits per heavy atom. The van der Waals surface area contributed by atoms with Gasteiger partial charge in [-0.1, -0.05) is 29.3 Å². The highest BCUT2D eigenvalue weighted by Gasteiger charge is 2.32. The predicted molar refractivity (Wildman–Crippen MR) is 86.8 cm³/mol. The minimum Gasteiger partial charge on any atom is -0.508 e. The third-order valence-corrected chi connectivity index (χ3v) is 4.83. The lowest BCUT2D eigenvalue weighted by Gasteiger charge is -2.43. The van der Waals surface area contributed by atoms with Crippen molar-refractivity contribution < 1.29 is 5.11 Å². The number of hydrogen-bond acceptors (Lipinski definition) is 3. The van der Waals surface area contributed by atoms with E-state index in [2.05, 4.69) is 34.7 Å². The van der Waals surface area contributed by atoms with E-state index in [0.717, 1.165) is 29.4 Å². The van der Waals surface area contributed by atoms with Crippen molar-refractivity contribution in [1.82, 2.24) is 4.90 Å². The molecule has 1 heterocycles. The fraction of sp³-hybridized carbons (Fsp3) is 0.625. The first-order valence-corrected chi connectivity index (χ1v) is 8.33. The van der Waals surface area contributed by atoms with Crippen LogP contribution in [0.15, 0.2) is 22.7 Å². The zero-order valence-electron chi connectivity index (χ0n) is 12.3. The van der Waals surface area contributed by atoms with E-state index in [4.69, 9.17) is 5.73 Å². The van der Waals surface area contributed by atoms with Crippen molar-refractivity contribution in [2.75, 3.05) is 6.54 Å². The molecule has 0 spiro atoms. The topological polar surface area (TPSA) is 49.5 Å².